The molecule has 1 aromatic rings. The molecule has 1 rings (SSSR count). The first-order valence-corrected chi connectivity index (χ1v) is 6.72. The minimum absolute atomic E-state index is 0.192. The molecule has 0 bridgehead atoms. The van der Waals surface area contributed by atoms with E-state index in [1.807, 2.05) is 18.2 Å². The van der Waals surface area contributed by atoms with Crippen molar-refractivity contribution in [2.75, 3.05) is 20.8 Å². The number of carbonyl (C=O) groups excluding carboxylic acids is 1. The quantitative estimate of drug-likeness (QED) is 0.737. The third-order valence-electron chi connectivity index (χ3n) is 2.99. The van der Waals surface area contributed by atoms with Gasteiger partial charge in [0.15, 0.2) is 11.5 Å². The average molecular weight is 281 g/mol. The molecule has 5 heteroatoms. The summed E-state index contributed by atoms with van der Waals surface area (Å²) in [5, 5.41) is 0. The fraction of sp³-hybridized carbons (Fsp3) is 0.533. The smallest absolute Gasteiger partial charge is 0.307 e. The maximum absolute atomic E-state index is 11.3. The van der Waals surface area contributed by atoms with Crippen molar-refractivity contribution in [2.45, 2.75) is 32.2 Å². The van der Waals surface area contributed by atoms with Crippen LogP contribution in [0.2, 0.25) is 0 Å². The van der Waals surface area contributed by atoms with E-state index in [0.717, 1.165) is 12.0 Å². The molecular formula is C15H23NO4. The van der Waals surface area contributed by atoms with Gasteiger partial charge in [-0.15, -0.1) is 0 Å². The van der Waals surface area contributed by atoms with Gasteiger partial charge < -0.3 is 19.9 Å². The van der Waals surface area contributed by atoms with Crippen LogP contribution in [0.1, 0.15) is 25.3 Å². The number of carbonyl (C=O) groups is 1. The van der Waals surface area contributed by atoms with E-state index in [2.05, 4.69) is 0 Å². The van der Waals surface area contributed by atoms with Crippen LogP contribution in [0.5, 0.6) is 11.5 Å². The first kappa shape index (κ1) is 16.3. The lowest BCUT2D eigenvalue weighted by Gasteiger charge is -2.12. The molecule has 0 aromatic heterocycles. The normalized spacial score (nSPS) is 11.8. The number of nitrogens with two attached hydrogens (primary N) is 1. The molecule has 2 N–H and O–H groups in total. The van der Waals surface area contributed by atoms with Crippen LogP contribution in [0.15, 0.2) is 18.2 Å². The van der Waals surface area contributed by atoms with Crippen LogP contribution < -0.4 is 15.2 Å². The molecule has 0 spiro atoms. The summed E-state index contributed by atoms with van der Waals surface area (Å²) in [5.74, 6) is 1.16. The van der Waals surface area contributed by atoms with E-state index in [-0.39, 0.29) is 18.4 Å². The highest BCUT2D eigenvalue weighted by atomic mass is 16.5. The average Bonchev–Trinajstić information content (AvgIpc) is 2.44. The Morgan fingerprint density at radius 3 is 2.55 bits per heavy atom. The molecule has 0 unspecified atom stereocenters. The van der Waals surface area contributed by atoms with Gasteiger partial charge in [0.2, 0.25) is 0 Å². The SMILES string of the molecule is CCOC(=O)C[C@H](N)CCc1ccc(OC)c(OC)c1. The molecule has 5 nitrogen and oxygen atoms in total. The largest absolute Gasteiger partial charge is 0.493 e. The van der Waals surface area contributed by atoms with Crippen LogP contribution in [0, 0.1) is 0 Å². The van der Waals surface area contributed by atoms with Gasteiger partial charge in [0.05, 0.1) is 27.2 Å². The van der Waals surface area contributed by atoms with Crippen molar-refractivity contribution in [3.8, 4) is 11.5 Å². The summed E-state index contributed by atoms with van der Waals surface area (Å²) < 4.78 is 15.3. The Bertz CT molecular complexity index is 434. The second-order valence-electron chi connectivity index (χ2n) is 4.50. The van der Waals surface area contributed by atoms with Crippen LogP contribution >= 0.6 is 0 Å². The highest BCUT2D eigenvalue weighted by molar-refractivity contribution is 5.70. The predicted octanol–water partition coefficient (Wildman–Crippen LogP) is 1.92. The van der Waals surface area contributed by atoms with E-state index < -0.39 is 0 Å². The molecule has 112 valence electrons. The van der Waals surface area contributed by atoms with Crippen LogP contribution in [0.25, 0.3) is 0 Å². The molecule has 0 radical (unpaired) electrons. The number of methoxy groups -OCH3 is 2. The molecule has 0 aliphatic carbocycles. The van der Waals surface area contributed by atoms with E-state index in [1.165, 1.54) is 0 Å². The van der Waals surface area contributed by atoms with Crippen LogP contribution in [0.3, 0.4) is 0 Å². The Morgan fingerprint density at radius 1 is 1.25 bits per heavy atom. The van der Waals surface area contributed by atoms with Gasteiger partial charge in [0.25, 0.3) is 0 Å². The fourth-order valence-electron chi connectivity index (χ4n) is 1.92. The number of rotatable bonds is 8. The van der Waals surface area contributed by atoms with E-state index in [4.69, 9.17) is 19.9 Å². The third kappa shape index (κ3) is 5.09. The zero-order chi connectivity index (χ0) is 15.0. The van der Waals surface area contributed by atoms with Crippen molar-refractivity contribution in [2.24, 2.45) is 5.73 Å². The van der Waals surface area contributed by atoms with Crippen molar-refractivity contribution in [1.29, 1.82) is 0 Å². The van der Waals surface area contributed by atoms with E-state index in [1.54, 1.807) is 21.1 Å². The van der Waals surface area contributed by atoms with Crippen molar-refractivity contribution in [3.63, 3.8) is 0 Å². The summed E-state index contributed by atoms with van der Waals surface area (Å²) in [7, 11) is 3.21. The molecular weight excluding hydrogens is 258 g/mol. The third-order valence-corrected chi connectivity index (χ3v) is 2.99. The number of aryl methyl sites for hydroxylation is 1. The molecule has 0 amide bonds. The number of hydrogen-bond donors (Lipinski definition) is 1. The lowest BCUT2D eigenvalue weighted by molar-refractivity contribution is -0.143. The second-order valence-corrected chi connectivity index (χ2v) is 4.50. The summed E-state index contributed by atoms with van der Waals surface area (Å²) in [6, 6.07) is 5.57. The maximum atomic E-state index is 11.3. The first-order valence-electron chi connectivity index (χ1n) is 6.72. The van der Waals surface area contributed by atoms with Gasteiger partial charge in [-0.25, -0.2) is 0 Å². The standard InChI is InChI=1S/C15H23NO4/c1-4-20-15(17)10-12(16)7-5-11-6-8-13(18-2)14(9-11)19-3/h6,8-9,12H,4-5,7,10,16H2,1-3H3/t12-/m1/s1. The van der Waals surface area contributed by atoms with Gasteiger partial charge in [-0.3, -0.25) is 4.79 Å². The summed E-state index contributed by atoms with van der Waals surface area (Å²) >= 11 is 0. The molecule has 1 aromatic carbocycles. The Labute approximate surface area is 120 Å². The van der Waals surface area contributed by atoms with Crippen LogP contribution in [0.4, 0.5) is 0 Å². The van der Waals surface area contributed by atoms with Gasteiger partial charge in [0.1, 0.15) is 0 Å². The highest BCUT2D eigenvalue weighted by Crippen LogP contribution is 2.28. The van der Waals surface area contributed by atoms with E-state index >= 15 is 0 Å². The van der Waals surface area contributed by atoms with Crippen LogP contribution in [-0.4, -0.2) is 32.8 Å². The van der Waals surface area contributed by atoms with Crippen LogP contribution in [-0.2, 0) is 16.0 Å². The summed E-state index contributed by atoms with van der Waals surface area (Å²) in [4.78, 5) is 11.3. The molecule has 0 fully saturated rings. The zero-order valence-corrected chi connectivity index (χ0v) is 12.3. The number of hydrogen-bond acceptors (Lipinski definition) is 5. The highest BCUT2D eigenvalue weighted by Gasteiger charge is 2.11. The van der Waals surface area contributed by atoms with Crippen molar-refractivity contribution in [1.82, 2.24) is 0 Å². The second kappa shape index (κ2) is 8.43. The zero-order valence-electron chi connectivity index (χ0n) is 12.3. The summed E-state index contributed by atoms with van der Waals surface area (Å²) in [6.45, 7) is 2.17. The molecule has 20 heavy (non-hydrogen) atoms. The van der Waals surface area contributed by atoms with Gasteiger partial charge in [-0.2, -0.15) is 0 Å². The summed E-state index contributed by atoms with van der Waals surface area (Å²) in [6.07, 6.45) is 1.75. The molecule has 0 saturated carbocycles. The van der Waals surface area contributed by atoms with Crippen molar-refractivity contribution in [3.05, 3.63) is 23.8 Å². The molecule has 0 aliphatic rings. The topological polar surface area (TPSA) is 70.8 Å². The predicted molar refractivity (Wildman–Crippen MR) is 77.1 cm³/mol. The van der Waals surface area contributed by atoms with Crippen molar-refractivity contribution >= 4 is 5.97 Å². The number of benzene rings is 1. The van der Waals surface area contributed by atoms with Gasteiger partial charge in [-0.05, 0) is 37.5 Å². The molecule has 0 saturated heterocycles. The van der Waals surface area contributed by atoms with E-state index in [0.29, 0.717) is 24.5 Å². The Kier molecular flexibility index (Phi) is 6.87. The minimum atomic E-state index is -0.243. The van der Waals surface area contributed by atoms with Gasteiger partial charge in [-0.1, -0.05) is 6.07 Å². The maximum Gasteiger partial charge on any atom is 0.307 e. The monoisotopic (exact) mass is 281 g/mol. The summed E-state index contributed by atoms with van der Waals surface area (Å²) in [5.41, 5.74) is 7.02. The number of ether oxygens (including phenoxy) is 3. The van der Waals surface area contributed by atoms with E-state index in [9.17, 15) is 4.79 Å². The first-order chi connectivity index (χ1) is 9.60. The fourth-order valence-corrected chi connectivity index (χ4v) is 1.92. The minimum Gasteiger partial charge on any atom is -0.493 e. The Hall–Kier alpha value is -1.75. The van der Waals surface area contributed by atoms with Gasteiger partial charge in [0, 0.05) is 6.04 Å². The molecule has 0 heterocycles. The lowest BCUT2D eigenvalue weighted by atomic mass is 10.0. The number of esters is 1. The molecule has 1 atom stereocenters. The van der Waals surface area contributed by atoms with Gasteiger partial charge >= 0.3 is 5.97 Å². The van der Waals surface area contributed by atoms with Crippen molar-refractivity contribution < 1.29 is 19.0 Å². The lowest BCUT2D eigenvalue weighted by Crippen LogP contribution is -2.25. The Balaban J connectivity index is 2.51. The Morgan fingerprint density at radius 2 is 1.95 bits per heavy atom. The molecule has 0 aliphatic heterocycles.